The minimum Gasteiger partial charge on any atom is -0.347 e. The molecule has 25 heavy (non-hydrogen) atoms. The molecule has 4 nitrogen and oxygen atoms in total. The van der Waals surface area contributed by atoms with Gasteiger partial charge in [-0.15, -0.1) is 0 Å². The predicted octanol–water partition coefficient (Wildman–Crippen LogP) is 3.66. The summed E-state index contributed by atoms with van der Waals surface area (Å²) in [6.07, 6.45) is -4.34. The summed E-state index contributed by atoms with van der Waals surface area (Å²) in [5, 5.41) is 5.40. The van der Waals surface area contributed by atoms with Gasteiger partial charge >= 0.3 is 6.18 Å². The van der Waals surface area contributed by atoms with E-state index in [1.54, 1.807) is 24.3 Å². The Balaban J connectivity index is 1.80. The molecule has 8 heteroatoms. The quantitative estimate of drug-likeness (QED) is 0.844. The first-order valence-electron chi connectivity index (χ1n) is 7.22. The monoisotopic (exact) mass is 370 g/mol. The van der Waals surface area contributed by atoms with Crippen molar-refractivity contribution in [2.75, 3.05) is 11.9 Å². The van der Waals surface area contributed by atoms with Gasteiger partial charge in [-0.1, -0.05) is 23.7 Å². The molecule has 0 unspecified atom stereocenters. The van der Waals surface area contributed by atoms with Crippen LogP contribution < -0.4 is 10.6 Å². The van der Waals surface area contributed by atoms with Gasteiger partial charge in [0.1, 0.15) is 0 Å². The van der Waals surface area contributed by atoms with Crippen molar-refractivity contribution in [2.45, 2.75) is 12.6 Å². The normalized spacial score (nSPS) is 11.0. The SMILES string of the molecule is O=C(Cc1ccc(Cl)cc1)NCC(=O)Nc1ccc(C(F)(F)F)cc1. The number of nitrogens with one attached hydrogen (secondary N) is 2. The minimum atomic E-state index is -4.43. The molecule has 0 radical (unpaired) electrons. The molecule has 2 N–H and O–H groups in total. The van der Waals surface area contributed by atoms with Crippen LogP contribution in [0.3, 0.4) is 0 Å². The summed E-state index contributed by atoms with van der Waals surface area (Å²) in [6.45, 7) is -0.284. The highest BCUT2D eigenvalue weighted by Crippen LogP contribution is 2.29. The first-order valence-corrected chi connectivity index (χ1v) is 7.60. The Bertz CT molecular complexity index is 744. The van der Waals surface area contributed by atoms with E-state index in [1.165, 1.54) is 0 Å². The van der Waals surface area contributed by atoms with E-state index in [4.69, 9.17) is 11.6 Å². The average molecular weight is 371 g/mol. The van der Waals surface area contributed by atoms with Crippen LogP contribution in [0, 0.1) is 0 Å². The zero-order valence-corrected chi connectivity index (χ0v) is 13.6. The van der Waals surface area contributed by atoms with Crippen molar-refractivity contribution in [3.8, 4) is 0 Å². The fourth-order valence-electron chi connectivity index (χ4n) is 1.98. The standard InChI is InChI=1S/C17H14ClF3N2O2/c18-13-5-1-11(2-6-13)9-15(24)22-10-16(25)23-14-7-3-12(4-8-14)17(19,20)21/h1-8H,9-10H2,(H,22,24)(H,23,25). The van der Waals surface area contributed by atoms with Gasteiger partial charge in [-0.3, -0.25) is 9.59 Å². The van der Waals surface area contributed by atoms with Crippen molar-refractivity contribution in [1.82, 2.24) is 5.32 Å². The molecule has 0 saturated carbocycles. The van der Waals surface area contributed by atoms with Gasteiger partial charge in [-0.2, -0.15) is 13.2 Å². The molecule has 132 valence electrons. The smallest absolute Gasteiger partial charge is 0.347 e. The van der Waals surface area contributed by atoms with Gasteiger partial charge in [0.25, 0.3) is 0 Å². The van der Waals surface area contributed by atoms with Crippen LogP contribution >= 0.6 is 11.6 Å². The van der Waals surface area contributed by atoms with E-state index in [-0.39, 0.29) is 24.6 Å². The average Bonchev–Trinajstić information content (AvgIpc) is 2.55. The van der Waals surface area contributed by atoms with Crippen LogP contribution in [0.1, 0.15) is 11.1 Å². The van der Waals surface area contributed by atoms with Crippen LogP contribution in [0.5, 0.6) is 0 Å². The highest BCUT2D eigenvalue weighted by atomic mass is 35.5. The molecule has 0 saturated heterocycles. The molecule has 2 aromatic carbocycles. The number of hydrogen-bond acceptors (Lipinski definition) is 2. The summed E-state index contributed by atoms with van der Waals surface area (Å²) in [6, 6.07) is 10.7. The van der Waals surface area contributed by atoms with Crippen LogP contribution in [-0.2, 0) is 22.2 Å². The lowest BCUT2D eigenvalue weighted by Gasteiger charge is -2.09. The number of amides is 2. The molecule has 2 rings (SSSR count). The van der Waals surface area contributed by atoms with Gasteiger partial charge in [-0.05, 0) is 42.0 Å². The number of anilines is 1. The van der Waals surface area contributed by atoms with E-state index in [1.807, 2.05) is 0 Å². The third-order valence-corrected chi connectivity index (χ3v) is 3.47. The number of benzene rings is 2. The second kappa shape index (κ2) is 8.02. The van der Waals surface area contributed by atoms with Crippen molar-refractivity contribution in [3.05, 3.63) is 64.7 Å². The fourth-order valence-corrected chi connectivity index (χ4v) is 2.10. The Morgan fingerprint density at radius 2 is 1.52 bits per heavy atom. The zero-order valence-electron chi connectivity index (χ0n) is 12.9. The van der Waals surface area contributed by atoms with Crippen LogP contribution in [0.4, 0.5) is 18.9 Å². The lowest BCUT2D eigenvalue weighted by atomic mass is 10.1. The number of alkyl halides is 3. The van der Waals surface area contributed by atoms with Gasteiger partial charge in [0.15, 0.2) is 0 Å². The summed E-state index contributed by atoms with van der Waals surface area (Å²) in [5.41, 5.74) is 0.150. The van der Waals surface area contributed by atoms with E-state index in [9.17, 15) is 22.8 Å². The summed E-state index contributed by atoms with van der Waals surface area (Å²) in [5.74, 6) is -0.894. The number of carbonyl (C=O) groups excluding carboxylic acids is 2. The maximum atomic E-state index is 12.5. The Morgan fingerprint density at radius 1 is 0.920 bits per heavy atom. The maximum Gasteiger partial charge on any atom is 0.416 e. The number of halogens is 4. The lowest BCUT2D eigenvalue weighted by molar-refractivity contribution is -0.137. The van der Waals surface area contributed by atoms with Crippen molar-refractivity contribution < 1.29 is 22.8 Å². The highest BCUT2D eigenvalue weighted by Gasteiger charge is 2.29. The Hall–Kier alpha value is -2.54. The third kappa shape index (κ3) is 6.11. The first kappa shape index (κ1) is 18.8. The maximum absolute atomic E-state index is 12.5. The molecule has 0 aliphatic heterocycles. The lowest BCUT2D eigenvalue weighted by Crippen LogP contribution is -2.33. The number of rotatable bonds is 5. The van der Waals surface area contributed by atoms with E-state index in [0.717, 1.165) is 29.8 Å². The van der Waals surface area contributed by atoms with Crippen molar-refractivity contribution in [3.63, 3.8) is 0 Å². The largest absolute Gasteiger partial charge is 0.416 e. The van der Waals surface area contributed by atoms with E-state index < -0.39 is 17.6 Å². The van der Waals surface area contributed by atoms with Crippen molar-refractivity contribution in [1.29, 1.82) is 0 Å². The molecular weight excluding hydrogens is 357 g/mol. The van der Waals surface area contributed by atoms with Crippen LogP contribution in [0.25, 0.3) is 0 Å². The molecule has 2 amide bonds. The first-order chi connectivity index (χ1) is 11.7. The van der Waals surface area contributed by atoms with E-state index in [0.29, 0.717) is 5.02 Å². The van der Waals surface area contributed by atoms with Gasteiger partial charge in [0.2, 0.25) is 11.8 Å². The Kier molecular flexibility index (Phi) is 6.03. The molecule has 0 aromatic heterocycles. The fraction of sp³-hybridized carbons (Fsp3) is 0.176. The molecule has 0 atom stereocenters. The summed E-state index contributed by atoms with van der Waals surface area (Å²) >= 11 is 5.75. The Morgan fingerprint density at radius 3 is 2.08 bits per heavy atom. The van der Waals surface area contributed by atoms with E-state index >= 15 is 0 Å². The second-order valence-corrected chi connectivity index (χ2v) is 5.64. The van der Waals surface area contributed by atoms with Gasteiger partial charge in [0.05, 0.1) is 18.5 Å². The number of carbonyl (C=O) groups is 2. The van der Waals surface area contributed by atoms with Gasteiger partial charge in [-0.25, -0.2) is 0 Å². The molecule has 0 fully saturated rings. The second-order valence-electron chi connectivity index (χ2n) is 5.20. The molecular formula is C17H14ClF3N2O2. The van der Waals surface area contributed by atoms with Crippen LogP contribution in [-0.4, -0.2) is 18.4 Å². The predicted molar refractivity (Wildman–Crippen MR) is 88.2 cm³/mol. The third-order valence-electron chi connectivity index (χ3n) is 3.22. The summed E-state index contributed by atoms with van der Waals surface area (Å²) in [7, 11) is 0. The molecule has 2 aromatic rings. The van der Waals surface area contributed by atoms with Gasteiger partial charge in [0, 0.05) is 10.7 Å². The summed E-state index contributed by atoms with van der Waals surface area (Å²) in [4.78, 5) is 23.5. The van der Waals surface area contributed by atoms with Crippen molar-refractivity contribution in [2.24, 2.45) is 0 Å². The molecule has 0 heterocycles. The Labute approximate surface area is 147 Å². The van der Waals surface area contributed by atoms with Crippen LogP contribution in [0.15, 0.2) is 48.5 Å². The molecule has 0 aliphatic carbocycles. The van der Waals surface area contributed by atoms with E-state index in [2.05, 4.69) is 10.6 Å². The highest BCUT2D eigenvalue weighted by molar-refractivity contribution is 6.30. The van der Waals surface area contributed by atoms with Gasteiger partial charge < -0.3 is 10.6 Å². The zero-order chi connectivity index (χ0) is 18.4. The minimum absolute atomic E-state index is 0.0880. The summed E-state index contributed by atoms with van der Waals surface area (Å²) < 4.78 is 37.4. The molecule has 0 spiro atoms. The molecule has 0 bridgehead atoms. The topological polar surface area (TPSA) is 58.2 Å². The van der Waals surface area contributed by atoms with Crippen molar-refractivity contribution >= 4 is 29.1 Å². The van der Waals surface area contributed by atoms with Crippen LogP contribution in [0.2, 0.25) is 5.02 Å². The number of hydrogen-bond donors (Lipinski definition) is 2. The molecule has 0 aliphatic rings.